The summed E-state index contributed by atoms with van der Waals surface area (Å²) in [4.78, 5) is 0. The second-order valence-electron chi connectivity index (χ2n) is 5.35. The summed E-state index contributed by atoms with van der Waals surface area (Å²) in [5, 5.41) is 5.60. The molecule has 0 fully saturated rings. The van der Waals surface area contributed by atoms with Crippen molar-refractivity contribution in [2.75, 3.05) is 5.33 Å². The van der Waals surface area contributed by atoms with E-state index in [1.54, 1.807) is 0 Å². The van der Waals surface area contributed by atoms with Crippen LogP contribution < -0.4 is 0 Å². The Morgan fingerprint density at radius 2 is 2.05 bits per heavy atom. The third-order valence-corrected chi connectivity index (χ3v) is 4.13. The van der Waals surface area contributed by atoms with Crippen LogP contribution in [0.15, 0.2) is 36.5 Å². The van der Waals surface area contributed by atoms with Gasteiger partial charge < -0.3 is 0 Å². The Morgan fingerprint density at radius 3 is 2.63 bits per heavy atom. The lowest BCUT2D eigenvalue weighted by Crippen LogP contribution is -2.07. The average Bonchev–Trinajstić information content (AvgIpc) is 2.84. The Kier molecular flexibility index (Phi) is 4.81. The molecule has 0 N–H and O–H groups in total. The number of hydrogen-bond donors (Lipinski definition) is 0. The number of aromatic nitrogens is 2. The van der Waals surface area contributed by atoms with Crippen molar-refractivity contribution < 1.29 is 0 Å². The highest BCUT2D eigenvalue weighted by atomic mass is 79.9. The van der Waals surface area contributed by atoms with Crippen molar-refractivity contribution in [3.63, 3.8) is 0 Å². The van der Waals surface area contributed by atoms with Gasteiger partial charge in [0, 0.05) is 17.6 Å². The van der Waals surface area contributed by atoms with Gasteiger partial charge in [-0.2, -0.15) is 5.10 Å². The van der Waals surface area contributed by atoms with Gasteiger partial charge in [0.05, 0.1) is 5.69 Å². The molecule has 1 aromatic heterocycles. The fourth-order valence-electron chi connectivity index (χ4n) is 2.21. The standard InChI is InChI=1S/C16H21BrN2/c1-12(2)19-8-7-16(18-19)10-15(11-17)14-6-4-5-13(3)9-14/h4-9,12,15H,10-11H2,1-3H3. The molecule has 0 radical (unpaired) electrons. The van der Waals surface area contributed by atoms with Crippen LogP contribution in [0.2, 0.25) is 0 Å². The first-order chi connectivity index (χ1) is 9.10. The third kappa shape index (κ3) is 3.69. The maximum atomic E-state index is 4.64. The monoisotopic (exact) mass is 320 g/mol. The van der Waals surface area contributed by atoms with E-state index in [0.717, 1.165) is 11.8 Å². The van der Waals surface area contributed by atoms with Crippen LogP contribution in [0.5, 0.6) is 0 Å². The Bertz CT molecular complexity index is 531. The van der Waals surface area contributed by atoms with Gasteiger partial charge in [-0.15, -0.1) is 0 Å². The first kappa shape index (κ1) is 14.3. The number of benzene rings is 1. The van der Waals surface area contributed by atoms with Gasteiger partial charge in [0.15, 0.2) is 0 Å². The van der Waals surface area contributed by atoms with E-state index in [9.17, 15) is 0 Å². The van der Waals surface area contributed by atoms with Crippen LogP contribution in [0, 0.1) is 6.92 Å². The van der Waals surface area contributed by atoms with Crippen molar-refractivity contribution in [1.82, 2.24) is 9.78 Å². The predicted molar refractivity (Wildman–Crippen MR) is 84.0 cm³/mol. The van der Waals surface area contributed by atoms with Gasteiger partial charge in [-0.1, -0.05) is 45.8 Å². The van der Waals surface area contributed by atoms with Gasteiger partial charge in [-0.3, -0.25) is 4.68 Å². The molecular weight excluding hydrogens is 300 g/mol. The molecule has 0 aliphatic carbocycles. The summed E-state index contributed by atoms with van der Waals surface area (Å²) in [7, 11) is 0. The van der Waals surface area contributed by atoms with Crippen molar-refractivity contribution in [1.29, 1.82) is 0 Å². The van der Waals surface area contributed by atoms with E-state index >= 15 is 0 Å². The van der Waals surface area contributed by atoms with Crippen molar-refractivity contribution in [3.05, 3.63) is 53.3 Å². The second kappa shape index (κ2) is 6.38. The number of alkyl halides is 1. The van der Waals surface area contributed by atoms with Gasteiger partial charge in [0.1, 0.15) is 0 Å². The highest BCUT2D eigenvalue weighted by Gasteiger charge is 2.13. The van der Waals surface area contributed by atoms with Crippen LogP contribution in [0.4, 0.5) is 0 Å². The van der Waals surface area contributed by atoms with Crippen LogP contribution in [-0.2, 0) is 6.42 Å². The highest BCUT2D eigenvalue weighted by Crippen LogP contribution is 2.23. The predicted octanol–water partition coefficient (Wildman–Crippen LogP) is 4.49. The molecule has 0 saturated heterocycles. The van der Waals surface area contributed by atoms with Crippen LogP contribution in [0.1, 0.15) is 42.6 Å². The largest absolute Gasteiger partial charge is 0.270 e. The molecule has 2 aromatic rings. The quantitative estimate of drug-likeness (QED) is 0.742. The lowest BCUT2D eigenvalue weighted by Gasteiger charge is -2.14. The van der Waals surface area contributed by atoms with E-state index in [1.807, 2.05) is 4.68 Å². The zero-order valence-electron chi connectivity index (χ0n) is 11.8. The number of nitrogens with zero attached hydrogens (tertiary/aromatic N) is 2. The molecule has 1 aromatic carbocycles. The normalized spacial score (nSPS) is 12.9. The highest BCUT2D eigenvalue weighted by molar-refractivity contribution is 9.09. The Labute approximate surface area is 124 Å². The number of aryl methyl sites for hydroxylation is 1. The van der Waals surface area contributed by atoms with Crippen LogP contribution in [-0.4, -0.2) is 15.1 Å². The molecule has 2 rings (SSSR count). The van der Waals surface area contributed by atoms with E-state index in [0.29, 0.717) is 12.0 Å². The van der Waals surface area contributed by atoms with Crippen molar-refractivity contribution in [2.24, 2.45) is 0 Å². The average molecular weight is 321 g/mol. The molecular formula is C16H21BrN2. The Morgan fingerprint density at radius 1 is 1.26 bits per heavy atom. The first-order valence-electron chi connectivity index (χ1n) is 6.76. The molecule has 1 atom stereocenters. The fraction of sp³-hybridized carbons (Fsp3) is 0.438. The van der Waals surface area contributed by atoms with E-state index in [-0.39, 0.29) is 0 Å². The number of halogens is 1. The SMILES string of the molecule is Cc1cccc(C(CBr)Cc2ccn(C(C)C)n2)c1. The molecule has 0 aliphatic rings. The second-order valence-corrected chi connectivity index (χ2v) is 6.00. The maximum Gasteiger partial charge on any atom is 0.0631 e. The number of rotatable bonds is 5. The molecule has 0 saturated carbocycles. The summed E-state index contributed by atoms with van der Waals surface area (Å²) in [6, 6.07) is 11.3. The summed E-state index contributed by atoms with van der Waals surface area (Å²) in [6.45, 7) is 6.45. The molecule has 0 spiro atoms. The minimum atomic E-state index is 0.426. The van der Waals surface area contributed by atoms with Gasteiger partial charge in [0.25, 0.3) is 0 Å². The minimum absolute atomic E-state index is 0.426. The topological polar surface area (TPSA) is 17.8 Å². The zero-order chi connectivity index (χ0) is 13.8. The molecule has 1 unspecified atom stereocenters. The third-order valence-electron chi connectivity index (χ3n) is 3.35. The van der Waals surface area contributed by atoms with Crippen molar-refractivity contribution in [3.8, 4) is 0 Å². The Hall–Kier alpha value is -1.09. The van der Waals surface area contributed by atoms with Gasteiger partial charge in [0.2, 0.25) is 0 Å². The van der Waals surface area contributed by atoms with E-state index in [4.69, 9.17) is 0 Å². The van der Waals surface area contributed by atoms with Crippen LogP contribution >= 0.6 is 15.9 Å². The summed E-state index contributed by atoms with van der Waals surface area (Å²) in [5.74, 6) is 0.482. The van der Waals surface area contributed by atoms with Crippen molar-refractivity contribution >= 4 is 15.9 Å². The van der Waals surface area contributed by atoms with Gasteiger partial charge >= 0.3 is 0 Å². The van der Waals surface area contributed by atoms with E-state index in [1.165, 1.54) is 16.8 Å². The van der Waals surface area contributed by atoms with Crippen LogP contribution in [0.25, 0.3) is 0 Å². The smallest absolute Gasteiger partial charge is 0.0631 e. The summed E-state index contributed by atoms with van der Waals surface area (Å²) in [6.07, 6.45) is 3.05. The fourth-order valence-corrected chi connectivity index (χ4v) is 2.81. The molecule has 19 heavy (non-hydrogen) atoms. The molecule has 1 heterocycles. The molecule has 102 valence electrons. The van der Waals surface area contributed by atoms with Gasteiger partial charge in [-0.05, 0) is 44.7 Å². The molecule has 2 nitrogen and oxygen atoms in total. The molecule has 0 aliphatic heterocycles. The maximum absolute atomic E-state index is 4.64. The van der Waals surface area contributed by atoms with Crippen molar-refractivity contribution in [2.45, 2.75) is 39.2 Å². The molecule has 0 amide bonds. The summed E-state index contributed by atoms with van der Waals surface area (Å²) >= 11 is 3.64. The van der Waals surface area contributed by atoms with E-state index in [2.05, 4.69) is 78.3 Å². The molecule has 3 heteroatoms. The lowest BCUT2D eigenvalue weighted by atomic mass is 9.95. The first-order valence-corrected chi connectivity index (χ1v) is 7.89. The van der Waals surface area contributed by atoms with Gasteiger partial charge in [-0.25, -0.2) is 0 Å². The van der Waals surface area contributed by atoms with Crippen LogP contribution in [0.3, 0.4) is 0 Å². The molecule has 0 bridgehead atoms. The lowest BCUT2D eigenvalue weighted by molar-refractivity contribution is 0.524. The summed E-state index contributed by atoms with van der Waals surface area (Å²) < 4.78 is 2.02. The van der Waals surface area contributed by atoms with E-state index < -0.39 is 0 Å². The number of hydrogen-bond acceptors (Lipinski definition) is 1. The summed E-state index contributed by atoms with van der Waals surface area (Å²) in [5.41, 5.74) is 3.87. The zero-order valence-corrected chi connectivity index (χ0v) is 13.4. The minimum Gasteiger partial charge on any atom is -0.270 e. The Balaban J connectivity index is 2.14.